The van der Waals surface area contributed by atoms with Gasteiger partial charge >= 0.3 is 0 Å². The van der Waals surface area contributed by atoms with Crippen LogP contribution in [0.5, 0.6) is 0 Å². The van der Waals surface area contributed by atoms with Gasteiger partial charge in [-0.05, 0) is 54.8 Å². The van der Waals surface area contributed by atoms with Gasteiger partial charge in [0.05, 0.1) is 38.5 Å². The van der Waals surface area contributed by atoms with Crippen molar-refractivity contribution in [2.24, 2.45) is 0 Å². The fraction of sp³-hybridized carbons (Fsp3) is 0.138. The smallest absolute Gasteiger partial charge is 0.141 e. The number of nitrogens with one attached hydrogen (secondary N) is 4. The normalized spacial score (nSPS) is 15.8. The summed E-state index contributed by atoms with van der Waals surface area (Å²) in [5.41, 5.74) is 8.30. The zero-order valence-electron chi connectivity index (χ0n) is 21.3. The van der Waals surface area contributed by atoms with Gasteiger partial charge in [0.25, 0.3) is 0 Å². The molecule has 200 valence electrons. The number of aromatic nitrogens is 1. The lowest BCUT2D eigenvalue weighted by molar-refractivity contribution is 0.260. The summed E-state index contributed by atoms with van der Waals surface area (Å²) in [7, 11) is 7.11. The first kappa shape index (κ1) is 26.7. The summed E-state index contributed by atoms with van der Waals surface area (Å²) in [6, 6.07) is 19.4. The van der Waals surface area contributed by atoms with Crippen LogP contribution in [0.4, 0.5) is 21.5 Å². The zero-order valence-corrected chi connectivity index (χ0v) is 22.9. The summed E-state index contributed by atoms with van der Waals surface area (Å²) >= 11 is 12.6. The molecular weight excluding hydrogens is 561 g/mol. The average Bonchev–Trinajstić information content (AvgIpc) is 3.70. The second-order valence-electron chi connectivity index (χ2n) is 9.78. The molecule has 0 bridgehead atoms. The maximum atomic E-state index is 13.8. The van der Waals surface area contributed by atoms with Crippen molar-refractivity contribution >= 4 is 59.0 Å². The molecule has 12 heteroatoms. The van der Waals surface area contributed by atoms with Crippen LogP contribution in [0.2, 0.25) is 10.0 Å². The molecule has 2 radical (unpaired) electrons. The van der Waals surface area contributed by atoms with Gasteiger partial charge in [-0.15, -0.1) is 5.53 Å². The van der Waals surface area contributed by atoms with Gasteiger partial charge in [-0.25, -0.2) is 4.39 Å². The Morgan fingerprint density at radius 2 is 1.80 bits per heavy atom. The fourth-order valence-corrected chi connectivity index (χ4v) is 5.23. The molecule has 4 N–H and O–H groups in total. The summed E-state index contributed by atoms with van der Waals surface area (Å²) in [4.78, 5) is 4.39. The Balaban J connectivity index is 1.50. The number of hydrogen-bond donors (Lipinski definition) is 4. The predicted molar refractivity (Wildman–Crippen MR) is 158 cm³/mol. The van der Waals surface area contributed by atoms with Gasteiger partial charge in [0, 0.05) is 40.2 Å². The molecule has 1 atom stereocenters. The molecule has 4 aromatic rings. The number of fused-ring (bicyclic) bond motifs is 1. The number of rotatable bonds is 7. The van der Waals surface area contributed by atoms with Crippen LogP contribution in [-0.4, -0.2) is 23.9 Å². The maximum absolute atomic E-state index is 13.8. The van der Waals surface area contributed by atoms with Crippen molar-refractivity contribution in [3.8, 4) is 12.1 Å². The Morgan fingerprint density at radius 3 is 2.51 bits per heavy atom. The van der Waals surface area contributed by atoms with Gasteiger partial charge in [-0.3, -0.25) is 9.99 Å². The number of hydrazine groups is 2. The van der Waals surface area contributed by atoms with E-state index in [0.29, 0.717) is 50.3 Å². The highest BCUT2D eigenvalue weighted by atomic mass is 35.5. The van der Waals surface area contributed by atoms with E-state index in [1.807, 2.05) is 29.4 Å². The second-order valence-corrected chi connectivity index (χ2v) is 10.6. The SMILES string of the molecule is [B]C(Nc1cc(C#N)c2ncc(C#N)c(Nc3ccc(F)c(Cl)c3)c2c1)(C1=CN(C2CC2)NN1)c1ccccc1Cl. The molecule has 1 unspecified atom stereocenters. The van der Waals surface area contributed by atoms with Crippen LogP contribution in [0.15, 0.2) is 72.7 Å². The first-order valence-corrected chi connectivity index (χ1v) is 13.4. The van der Waals surface area contributed by atoms with Crippen LogP contribution < -0.4 is 21.6 Å². The Kier molecular flexibility index (Phi) is 6.84. The first-order valence-electron chi connectivity index (χ1n) is 12.6. The van der Waals surface area contributed by atoms with Gasteiger partial charge in [0.2, 0.25) is 0 Å². The monoisotopic (exact) mass is 580 g/mol. The Labute approximate surface area is 246 Å². The van der Waals surface area contributed by atoms with Gasteiger partial charge in [0.15, 0.2) is 0 Å². The van der Waals surface area contributed by atoms with E-state index in [2.05, 4.69) is 38.7 Å². The molecule has 0 amide bonds. The van der Waals surface area contributed by atoms with E-state index in [0.717, 1.165) is 12.8 Å². The number of benzene rings is 3. The molecule has 6 rings (SSSR count). The number of anilines is 3. The highest BCUT2D eigenvalue weighted by Gasteiger charge is 2.38. The van der Waals surface area contributed by atoms with Crippen molar-refractivity contribution in [1.29, 1.82) is 10.5 Å². The summed E-state index contributed by atoms with van der Waals surface area (Å²) < 4.78 is 13.8. The van der Waals surface area contributed by atoms with Crippen molar-refractivity contribution in [2.45, 2.75) is 24.3 Å². The van der Waals surface area contributed by atoms with E-state index in [1.54, 1.807) is 18.2 Å². The topological polar surface area (TPSA) is 112 Å². The summed E-state index contributed by atoms with van der Waals surface area (Å²) in [6.45, 7) is 0. The molecule has 8 nitrogen and oxygen atoms in total. The fourth-order valence-electron chi connectivity index (χ4n) is 4.76. The molecule has 3 aromatic carbocycles. The lowest BCUT2D eigenvalue weighted by Gasteiger charge is -2.35. The number of nitrogens with zero attached hydrogens (tertiary/aromatic N) is 4. The van der Waals surface area contributed by atoms with E-state index in [-0.39, 0.29) is 16.1 Å². The molecule has 1 fully saturated rings. The van der Waals surface area contributed by atoms with Crippen molar-refractivity contribution in [3.63, 3.8) is 0 Å². The summed E-state index contributed by atoms with van der Waals surface area (Å²) in [5, 5.41) is 29.3. The van der Waals surface area contributed by atoms with Crippen LogP contribution in [-0.2, 0) is 5.44 Å². The van der Waals surface area contributed by atoms with Gasteiger partial charge in [-0.1, -0.05) is 41.4 Å². The molecule has 41 heavy (non-hydrogen) atoms. The van der Waals surface area contributed by atoms with Crippen LogP contribution in [0.25, 0.3) is 10.9 Å². The van der Waals surface area contributed by atoms with Gasteiger partial charge in [0.1, 0.15) is 25.8 Å². The Bertz CT molecular complexity index is 1810. The number of halogens is 3. The second kappa shape index (κ2) is 10.5. The highest BCUT2D eigenvalue weighted by Crippen LogP contribution is 2.39. The van der Waals surface area contributed by atoms with Crippen LogP contribution in [0.1, 0.15) is 29.5 Å². The Hall–Kier alpha value is -4.48. The molecule has 2 heterocycles. The lowest BCUT2D eigenvalue weighted by atomic mass is 9.69. The molecule has 0 spiro atoms. The predicted octanol–water partition coefficient (Wildman–Crippen LogP) is 5.93. The zero-order chi connectivity index (χ0) is 28.7. The molecule has 1 saturated carbocycles. The third-order valence-electron chi connectivity index (χ3n) is 6.99. The summed E-state index contributed by atoms with van der Waals surface area (Å²) in [6.07, 6.45) is 5.41. The molecule has 1 aromatic heterocycles. The van der Waals surface area contributed by atoms with Crippen LogP contribution >= 0.6 is 23.2 Å². The van der Waals surface area contributed by atoms with Crippen molar-refractivity contribution in [3.05, 3.63) is 105 Å². The van der Waals surface area contributed by atoms with E-state index >= 15 is 0 Å². The molecule has 0 saturated heterocycles. The molecule has 1 aliphatic heterocycles. The largest absolute Gasteiger partial charge is 0.378 e. The minimum atomic E-state index is -1.35. The molecular formula is C29H20BCl2FN8. The van der Waals surface area contributed by atoms with E-state index in [1.165, 1.54) is 24.4 Å². The van der Waals surface area contributed by atoms with Gasteiger partial charge < -0.3 is 16.1 Å². The minimum absolute atomic E-state index is 0.0780. The van der Waals surface area contributed by atoms with Crippen molar-refractivity contribution in [2.75, 3.05) is 10.6 Å². The Morgan fingerprint density at radius 1 is 1.02 bits per heavy atom. The third kappa shape index (κ3) is 4.98. The van der Waals surface area contributed by atoms with Crippen molar-refractivity contribution in [1.82, 2.24) is 21.0 Å². The van der Waals surface area contributed by atoms with E-state index < -0.39 is 11.3 Å². The standard InChI is InChI=1S/C29H20BCl2FN8/c30-29(22-3-1-2-4-23(22)31,26-15-41(40-39-26)20-6-7-20)38-19-9-16(12-34)27-21(10-19)28(17(13-35)14-36-27)37-18-5-8-25(33)24(32)11-18/h1-5,8-11,14-15,20,38-40H,6-7H2,(H,36,37). The average molecular weight is 581 g/mol. The third-order valence-corrected chi connectivity index (χ3v) is 7.61. The van der Waals surface area contributed by atoms with E-state index in [4.69, 9.17) is 31.0 Å². The highest BCUT2D eigenvalue weighted by molar-refractivity contribution is 6.33. The first-order chi connectivity index (χ1) is 19.8. The van der Waals surface area contributed by atoms with Crippen molar-refractivity contribution < 1.29 is 4.39 Å². The van der Waals surface area contributed by atoms with Gasteiger partial charge in [-0.2, -0.15) is 10.5 Å². The minimum Gasteiger partial charge on any atom is -0.378 e. The van der Waals surface area contributed by atoms with Crippen LogP contribution in [0.3, 0.4) is 0 Å². The lowest BCUT2D eigenvalue weighted by Crippen LogP contribution is -2.45. The van der Waals surface area contributed by atoms with Crippen LogP contribution in [0, 0.1) is 28.5 Å². The maximum Gasteiger partial charge on any atom is 0.141 e. The molecule has 2 aliphatic rings. The number of pyridine rings is 1. The molecule has 1 aliphatic carbocycles. The quantitative estimate of drug-likeness (QED) is 0.199. The summed E-state index contributed by atoms with van der Waals surface area (Å²) in [5.74, 6) is -0.570. The number of hydrogen-bond acceptors (Lipinski definition) is 8. The van der Waals surface area contributed by atoms with E-state index in [9.17, 15) is 14.9 Å². The number of nitriles is 2.